The zero-order chi connectivity index (χ0) is 19.4. The quantitative estimate of drug-likeness (QED) is 0.754. The number of anilines is 2. The highest BCUT2D eigenvalue weighted by atomic mass is 16.5. The molecule has 1 atom stereocenters. The van der Waals surface area contributed by atoms with Crippen molar-refractivity contribution in [1.82, 2.24) is 9.97 Å². The number of hydrogen-bond donors (Lipinski definition) is 2. The number of hydrogen-bond acceptors (Lipinski definition) is 7. The van der Waals surface area contributed by atoms with E-state index < -0.39 is 0 Å². The third-order valence-electron chi connectivity index (χ3n) is 4.95. The average Bonchev–Trinajstić information content (AvgIpc) is 2.70. The number of aliphatic hydroxyl groups excluding tert-OH is 1. The molecule has 0 bridgehead atoms. The Morgan fingerprint density at radius 1 is 1.30 bits per heavy atom. The number of carbonyl (C=O) groups is 1. The van der Waals surface area contributed by atoms with Crippen LogP contribution in [0, 0.1) is 5.92 Å². The van der Waals surface area contributed by atoms with E-state index in [9.17, 15) is 9.90 Å². The van der Waals surface area contributed by atoms with Gasteiger partial charge in [-0.05, 0) is 35.6 Å². The Bertz CT molecular complexity index is 810. The number of esters is 1. The summed E-state index contributed by atoms with van der Waals surface area (Å²) in [6.45, 7) is 5.69. The first-order chi connectivity index (χ1) is 13.0. The molecule has 0 saturated heterocycles. The lowest BCUT2D eigenvalue weighted by Crippen LogP contribution is -2.32. The number of fused-ring (bicyclic) bond motifs is 1. The second-order valence-electron chi connectivity index (χ2n) is 7.09. The monoisotopic (exact) mass is 370 g/mol. The molecule has 2 aromatic rings. The van der Waals surface area contributed by atoms with Gasteiger partial charge in [-0.3, -0.25) is 0 Å². The molecule has 2 heterocycles. The molecule has 0 amide bonds. The third kappa shape index (κ3) is 4.36. The van der Waals surface area contributed by atoms with Crippen molar-refractivity contribution in [2.45, 2.75) is 32.9 Å². The lowest BCUT2D eigenvalue weighted by atomic mass is 9.97. The molecule has 3 rings (SSSR count). The second-order valence-corrected chi connectivity index (χ2v) is 7.09. The standard InChI is InChI=1S/C20H26N4O3/c1-13(2)17(11-25)23-18-9-19(22-12-21-18)24-7-6-14-8-15(20(26)27-3)4-5-16(14)10-24/h4-5,8-9,12-13,17,25H,6-7,10-11H2,1-3H3,(H,21,22,23)/t17-/m0/s1. The summed E-state index contributed by atoms with van der Waals surface area (Å²) in [5.74, 6) is 1.53. The van der Waals surface area contributed by atoms with E-state index in [-0.39, 0.29) is 18.6 Å². The molecule has 27 heavy (non-hydrogen) atoms. The lowest BCUT2D eigenvalue weighted by Gasteiger charge is -2.30. The van der Waals surface area contributed by atoms with Gasteiger partial charge < -0.3 is 20.1 Å². The highest BCUT2D eigenvalue weighted by molar-refractivity contribution is 5.89. The number of ether oxygens (including phenoxy) is 1. The summed E-state index contributed by atoms with van der Waals surface area (Å²) in [5.41, 5.74) is 2.93. The molecular weight excluding hydrogens is 344 g/mol. The number of aliphatic hydroxyl groups is 1. The molecular formula is C20H26N4O3. The predicted octanol–water partition coefficient (Wildman–Crippen LogP) is 2.25. The van der Waals surface area contributed by atoms with Gasteiger partial charge in [0.1, 0.15) is 18.0 Å². The molecule has 1 aromatic carbocycles. The molecule has 0 spiro atoms. The van der Waals surface area contributed by atoms with Gasteiger partial charge in [0.2, 0.25) is 0 Å². The maximum absolute atomic E-state index is 11.7. The first-order valence-corrected chi connectivity index (χ1v) is 9.16. The minimum atomic E-state index is -0.310. The van der Waals surface area contributed by atoms with Crippen LogP contribution in [0.2, 0.25) is 0 Å². The zero-order valence-electron chi connectivity index (χ0n) is 16.0. The van der Waals surface area contributed by atoms with Crippen molar-refractivity contribution in [3.63, 3.8) is 0 Å². The fourth-order valence-electron chi connectivity index (χ4n) is 3.21. The Balaban J connectivity index is 1.75. The lowest BCUT2D eigenvalue weighted by molar-refractivity contribution is 0.0600. The van der Waals surface area contributed by atoms with Crippen LogP contribution in [0.5, 0.6) is 0 Å². The molecule has 7 nitrogen and oxygen atoms in total. The summed E-state index contributed by atoms with van der Waals surface area (Å²) in [7, 11) is 1.39. The Labute approximate surface area is 159 Å². The van der Waals surface area contributed by atoms with Crippen LogP contribution in [-0.4, -0.2) is 47.3 Å². The van der Waals surface area contributed by atoms with E-state index in [1.54, 1.807) is 12.4 Å². The van der Waals surface area contributed by atoms with Crippen molar-refractivity contribution in [1.29, 1.82) is 0 Å². The van der Waals surface area contributed by atoms with Gasteiger partial charge in [-0.1, -0.05) is 19.9 Å². The number of aromatic nitrogens is 2. The second kappa shape index (κ2) is 8.35. The number of carbonyl (C=O) groups excluding carboxylic acids is 1. The SMILES string of the molecule is COC(=O)c1ccc2c(c1)CCN(c1cc(N[C@@H](CO)C(C)C)ncn1)C2. The van der Waals surface area contributed by atoms with Crippen molar-refractivity contribution >= 4 is 17.6 Å². The molecule has 0 fully saturated rings. The van der Waals surface area contributed by atoms with Crippen LogP contribution >= 0.6 is 0 Å². The van der Waals surface area contributed by atoms with Crippen molar-refractivity contribution in [2.75, 3.05) is 30.5 Å². The van der Waals surface area contributed by atoms with E-state index >= 15 is 0 Å². The van der Waals surface area contributed by atoms with E-state index in [1.165, 1.54) is 18.2 Å². The maximum Gasteiger partial charge on any atom is 0.337 e. The molecule has 144 valence electrons. The summed E-state index contributed by atoms with van der Waals surface area (Å²) in [4.78, 5) is 22.6. The van der Waals surface area contributed by atoms with Gasteiger partial charge in [-0.25, -0.2) is 14.8 Å². The molecule has 0 saturated carbocycles. The minimum absolute atomic E-state index is 0.0495. The number of nitrogens with zero attached hydrogens (tertiary/aromatic N) is 3. The molecule has 0 aliphatic carbocycles. The van der Waals surface area contributed by atoms with Crippen LogP contribution in [0.15, 0.2) is 30.6 Å². The first-order valence-electron chi connectivity index (χ1n) is 9.16. The van der Waals surface area contributed by atoms with Crippen LogP contribution in [0.1, 0.15) is 35.3 Å². The predicted molar refractivity (Wildman–Crippen MR) is 104 cm³/mol. The van der Waals surface area contributed by atoms with Gasteiger partial charge in [-0.2, -0.15) is 0 Å². The van der Waals surface area contributed by atoms with E-state index in [0.717, 1.165) is 25.3 Å². The van der Waals surface area contributed by atoms with E-state index in [0.29, 0.717) is 17.3 Å². The van der Waals surface area contributed by atoms with Crippen molar-refractivity contribution in [2.24, 2.45) is 5.92 Å². The molecule has 1 aromatic heterocycles. The largest absolute Gasteiger partial charge is 0.465 e. The summed E-state index contributed by atoms with van der Waals surface area (Å²) < 4.78 is 4.80. The maximum atomic E-state index is 11.7. The van der Waals surface area contributed by atoms with Gasteiger partial charge in [0.05, 0.1) is 25.3 Å². The van der Waals surface area contributed by atoms with Crippen LogP contribution in [-0.2, 0) is 17.7 Å². The van der Waals surface area contributed by atoms with E-state index in [1.807, 2.05) is 18.2 Å². The molecule has 7 heteroatoms. The summed E-state index contributed by atoms with van der Waals surface area (Å²) in [6.07, 6.45) is 2.38. The summed E-state index contributed by atoms with van der Waals surface area (Å²) in [5, 5.41) is 12.8. The average molecular weight is 370 g/mol. The number of methoxy groups -OCH3 is 1. The Morgan fingerprint density at radius 2 is 2.11 bits per heavy atom. The Morgan fingerprint density at radius 3 is 2.81 bits per heavy atom. The van der Waals surface area contributed by atoms with Gasteiger partial charge in [0.15, 0.2) is 0 Å². The molecule has 1 aliphatic rings. The van der Waals surface area contributed by atoms with Crippen molar-refractivity contribution in [3.05, 3.63) is 47.3 Å². The Hall–Kier alpha value is -2.67. The highest BCUT2D eigenvalue weighted by Gasteiger charge is 2.20. The van der Waals surface area contributed by atoms with Gasteiger partial charge in [0.25, 0.3) is 0 Å². The van der Waals surface area contributed by atoms with Gasteiger partial charge in [-0.15, -0.1) is 0 Å². The van der Waals surface area contributed by atoms with Gasteiger partial charge in [0, 0.05) is 19.2 Å². The number of rotatable bonds is 6. The fourth-order valence-corrected chi connectivity index (χ4v) is 3.21. The minimum Gasteiger partial charge on any atom is -0.465 e. The Kier molecular flexibility index (Phi) is 5.91. The fraction of sp³-hybridized carbons (Fsp3) is 0.450. The molecule has 0 radical (unpaired) electrons. The van der Waals surface area contributed by atoms with Crippen LogP contribution in [0.4, 0.5) is 11.6 Å². The number of benzene rings is 1. The van der Waals surface area contributed by atoms with E-state index in [2.05, 4.69) is 34.0 Å². The van der Waals surface area contributed by atoms with Crippen LogP contribution in [0.3, 0.4) is 0 Å². The third-order valence-corrected chi connectivity index (χ3v) is 4.95. The molecule has 0 unspecified atom stereocenters. The zero-order valence-corrected chi connectivity index (χ0v) is 16.0. The summed E-state index contributed by atoms with van der Waals surface area (Å²) in [6, 6.07) is 7.56. The van der Waals surface area contributed by atoms with Crippen molar-refractivity contribution in [3.8, 4) is 0 Å². The topological polar surface area (TPSA) is 87.6 Å². The number of nitrogens with one attached hydrogen (secondary N) is 1. The molecule has 1 aliphatic heterocycles. The first kappa shape index (κ1) is 19.1. The molecule has 2 N–H and O–H groups in total. The van der Waals surface area contributed by atoms with Crippen molar-refractivity contribution < 1.29 is 14.6 Å². The van der Waals surface area contributed by atoms with Gasteiger partial charge >= 0.3 is 5.97 Å². The smallest absolute Gasteiger partial charge is 0.337 e. The highest BCUT2D eigenvalue weighted by Crippen LogP contribution is 2.25. The van der Waals surface area contributed by atoms with E-state index in [4.69, 9.17) is 4.74 Å². The van der Waals surface area contributed by atoms with Crippen LogP contribution in [0.25, 0.3) is 0 Å². The summed E-state index contributed by atoms with van der Waals surface area (Å²) >= 11 is 0. The normalized spacial score (nSPS) is 14.6. The van der Waals surface area contributed by atoms with Crippen LogP contribution < -0.4 is 10.2 Å².